The van der Waals surface area contributed by atoms with Gasteiger partial charge in [-0.2, -0.15) is 0 Å². The Balaban J connectivity index is 2.67. The van der Waals surface area contributed by atoms with Gasteiger partial charge in [-0.3, -0.25) is 9.69 Å². The van der Waals surface area contributed by atoms with Crippen molar-refractivity contribution in [3.63, 3.8) is 0 Å². The lowest BCUT2D eigenvalue weighted by Crippen LogP contribution is -2.52. The summed E-state index contributed by atoms with van der Waals surface area (Å²) in [5, 5.41) is 0. The van der Waals surface area contributed by atoms with Gasteiger partial charge in [0.05, 0.1) is 11.3 Å². The molecule has 0 spiro atoms. The summed E-state index contributed by atoms with van der Waals surface area (Å²) in [5.41, 5.74) is -0.353. The van der Waals surface area contributed by atoms with Crippen LogP contribution >= 0.6 is 0 Å². The van der Waals surface area contributed by atoms with Gasteiger partial charge in [0.15, 0.2) is 5.78 Å². The number of carbonyl (C=O) groups is 1. The van der Waals surface area contributed by atoms with E-state index >= 15 is 0 Å². The van der Waals surface area contributed by atoms with Gasteiger partial charge >= 0.3 is 0 Å². The van der Waals surface area contributed by atoms with E-state index in [0.717, 1.165) is 25.9 Å². The molecule has 0 aromatic heterocycles. The molecule has 1 aliphatic heterocycles. The van der Waals surface area contributed by atoms with Gasteiger partial charge in [0.1, 0.15) is 9.84 Å². The SMILES string of the molecule is CCC(CC)(C(=O)CCCS(C)(=O)=O)N1CCCC1. The van der Waals surface area contributed by atoms with Crippen LogP contribution in [0.1, 0.15) is 52.4 Å². The zero-order valence-electron chi connectivity index (χ0n) is 12.4. The zero-order valence-corrected chi connectivity index (χ0v) is 13.3. The number of likely N-dealkylation sites (tertiary alicyclic amines) is 1. The fourth-order valence-electron chi connectivity index (χ4n) is 3.14. The molecule has 1 fully saturated rings. The largest absolute Gasteiger partial charge is 0.298 e. The van der Waals surface area contributed by atoms with E-state index in [1.54, 1.807) is 0 Å². The molecule has 0 saturated carbocycles. The summed E-state index contributed by atoms with van der Waals surface area (Å²) in [5.74, 6) is 0.338. The van der Waals surface area contributed by atoms with Crippen LogP contribution in [0.5, 0.6) is 0 Å². The van der Waals surface area contributed by atoms with E-state index in [9.17, 15) is 13.2 Å². The molecule has 0 radical (unpaired) electrons. The Hall–Kier alpha value is -0.420. The smallest absolute Gasteiger partial charge is 0.153 e. The molecule has 0 aromatic rings. The van der Waals surface area contributed by atoms with E-state index in [1.165, 1.54) is 19.1 Å². The van der Waals surface area contributed by atoms with Gasteiger partial charge in [-0.05, 0) is 45.2 Å². The molecule has 112 valence electrons. The van der Waals surface area contributed by atoms with Gasteiger partial charge in [0, 0.05) is 12.7 Å². The Labute approximate surface area is 117 Å². The molecule has 0 atom stereocenters. The molecule has 0 aliphatic carbocycles. The first-order valence-electron chi connectivity index (χ1n) is 7.32. The minimum absolute atomic E-state index is 0.113. The fourth-order valence-corrected chi connectivity index (χ4v) is 3.81. The second-order valence-corrected chi connectivity index (χ2v) is 7.85. The summed E-state index contributed by atoms with van der Waals surface area (Å²) in [6, 6.07) is 0. The quantitative estimate of drug-likeness (QED) is 0.686. The van der Waals surface area contributed by atoms with Crippen LogP contribution < -0.4 is 0 Å². The molecule has 5 heteroatoms. The Morgan fingerprint density at radius 2 is 1.68 bits per heavy atom. The number of carbonyl (C=O) groups excluding carboxylic acids is 1. The fraction of sp³-hybridized carbons (Fsp3) is 0.929. The standard InChI is InChI=1S/C14H27NO3S/c1-4-14(5-2,15-10-6-7-11-15)13(16)9-8-12-19(3,17)18/h4-12H2,1-3H3. The number of Topliss-reactive ketones (excluding diaryl/α,β-unsaturated/α-hetero) is 1. The number of hydrogen-bond acceptors (Lipinski definition) is 4. The summed E-state index contributed by atoms with van der Waals surface area (Å²) < 4.78 is 22.3. The minimum atomic E-state index is -2.96. The highest BCUT2D eigenvalue weighted by Crippen LogP contribution is 2.30. The van der Waals surface area contributed by atoms with E-state index in [1.807, 2.05) is 0 Å². The lowest BCUT2D eigenvalue weighted by Gasteiger charge is -2.39. The Bertz CT molecular complexity index is 393. The number of ketones is 1. The highest BCUT2D eigenvalue weighted by Gasteiger charge is 2.40. The normalized spacial score (nSPS) is 17.8. The first-order chi connectivity index (χ1) is 8.85. The Kier molecular flexibility index (Phi) is 5.99. The summed E-state index contributed by atoms with van der Waals surface area (Å²) in [6.07, 6.45) is 6.03. The third kappa shape index (κ3) is 4.28. The second-order valence-electron chi connectivity index (χ2n) is 5.59. The molecule has 0 bridgehead atoms. The maximum atomic E-state index is 12.6. The van der Waals surface area contributed by atoms with Crippen LogP contribution in [0.25, 0.3) is 0 Å². The predicted molar refractivity (Wildman–Crippen MR) is 78.1 cm³/mol. The Morgan fingerprint density at radius 3 is 2.11 bits per heavy atom. The number of rotatable bonds is 8. The van der Waals surface area contributed by atoms with Crippen LogP contribution in [-0.2, 0) is 14.6 Å². The number of hydrogen-bond donors (Lipinski definition) is 0. The molecule has 1 rings (SSSR count). The van der Waals surface area contributed by atoms with Crippen molar-refractivity contribution in [3.8, 4) is 0 Å². The van der Waals surface area contributed by atoms with Gasteiger partial charge in [0.2, 0.25) is 0 Å². The monoisotopic (exact) mass is 289 g/mol. The molecule has 0 amide bonds. The minimum Gasteiger partial charge on any atom is -0.298 e. The topological polar surface area (TPSA) is 54.5 Å². The van der Waals surface area contributed by atoms with Crippen LogP contribution in [0.3, 0.4) is 0 Å². The van der Waals surface area contributed by atoms with Gasteiger partial charge in [-0.25, -0.2) is 8.42 Å². The summed E-state index contributed by atoms with van der Waals surface area (Å²) in [4.78, 5) is 14.9. The first-order valence-corrected chi connectivity index (χ1v) is 9.38. The Morgan fingerprint density at radius 1 is 1.16 bits per heavy atom. The van der Waals surface area contributed by atoms with Crippen molar-refractivity contribution in [2.75, 3.05) is 25.1 Å². The van der Waals surface area contributed by atoms with E-state index in [-0.39, 0.29) is 17.1 Å². The second kappa shape index (κ2) is 6.84. The van der Waals surface area contributed by atoms with Crippen LogP contribution in [0, 0.1) is 0 Å². The molecule has 4 nitrogen and oxygen atoms in total. The van der Waals surface area contributed by atoms with Crippen molar-refractivity contribution in [1.29, 1.82) is 0 Å². The first kappa shape index (κ1) is 16.6. The average molecular weight is 289 g/mol. The van der Waals surface area contributed by atoms with Gasteiger partial charge in [0.25, 0.3) is 0 Å². The highest BCUT2D eigenvalue weighted by molar-refractivity contribution is 7.90. The van der Waals surface area contributed by atoms with Crippen molar-refractivity contribution in [2.45, 2.75) is 57.9 Å². The highest BCUT2D eigenvalue weighted by atomic mass is 32.2. The van der Waals surface area contributed by atoms with Crippen LogP contribution in [0.4, 0.5) is 0 Å². The molecule has 1 heterocycles. The lowest BCUT2D eigenvalue weighted by atomic mass is 9.84. The maximum Gasteiger partial charge on any atom is 0.153 e. The molecule has 1 aliphatic rings. The van der Waals surface area contributed by atoms with E-state index in [2.05, 4.69) is 18.7 Å². The van der Waals surface area contributed by atoms with Crippen LogP contribution in [0.15, 0.2) is 0 Å². The molecular weight excluding hydrogens is 262 g/mol. The summed E-state index contributed by atoms with van der Waals surface area (Å²) >= 11 is 0. The number of nitrogens with zero attached hydrogens (tertiary/aromatic N) is 1. The third-order valence-corrected chi connectivity index (χ3v) is 5.35. The lowest BCUT2D eigenvalue weighted by molar-refractivity contribution is -0.131. The zero-order chi connectivity index (χ0) is 14.5. The number of sulfone groups is 1. The molecule has 1 saturated heterocycles. The van der Waals surface area contributed by atoms with Crippen molar-refractivity contribution >= 4 is 15.6 Å². The average Bonchev–Trinajstić information content (AvgIpc) is 2.84. The van der Waals surface area contributed by atoms with Crippen molar-refractivity contribution in [2.24, 2.45) is 0 Å². The van der Waals surface area contributed by atoms with Crippen molar-refractivity contribution < 1.29 is 13.2 Å². The molecule has 0 aromatic carbocycles. The molecule has 19 heavy (non-hydrogen) atoms. The predicted octanol–water partition coefficient (Wildman–Crippen LogP) is 2.03. The van der Waals surface area contributed by atoms with Gasteiger partial charge in [-0.15, -0.1) is 0 Å². The van der Waals surface area contributed by atoms with Gasteiger partial charge < -0.3 is 0 Å². The molecule has 0 N–H and O–H groups in total. The van der Waals surface area contributed by atoms with E-state index in [4.69, 9.17) is 0 Å². The molecule has 0 unspecified atom stereocenters. The van der Waals surface area contributed by atoms with E-state index < -0.39 is 9.84 Å². The van der Waals surface area contributed by atoms with E-state index in [0.29, 0.717) is 12.8 Å². The maximum absolute atomic E-state index is 12.6. The van der Waals surface area contributed by atoms with Crippen molar-refractivity contribution in [1.82, 2.24) is 4.90 Å². The summed E-state index contributed by atoms with van der Waals surface area (Å²) in [7, 11) is -2.96. The third-order valence-electron chi connectivity index (χ3n) is 4.32. The van der Waals surface area contributed by atoms with Gasteiger partial charge in [-0.1, -0.05) is 13.8 Å². The van der Waals surface area contributed by atoms with Crippen molar-refractivity contribution in [3.05, 3.63) is 0 Å². The van der Waals surface area contributed by atoms with Crippen LogP contribution in [-0.4, -0.2) is 49.7 Å². The molecular formula is C14H27NO3S. The van der Waals surface area contributed by atoms with Crippen LogP contribution in [0.2, 0.25) is 0 Å². The summed E-state index contributed by atoms with van der Waals surface area (Å²) in [6.45, 7) is 6.13.